The molecule has 0 unspecified atom stereocenters. The van der Waals surface area contributed by atoms with E-state index in [1.165, 1.54) is 18.3 Å². The molecule has 1 aliphatic rings. The highest BCUT2D eigenvalue weighted by Gasteiger charge is 2.24. The van der Waals surface area contributed by atoms with Crippen LogP contribution < -0.4 is 16.4 Å². The summed E-state index contributed by atoms with van der Waals surface area (Å²) in [7, 11) is 0. The molecule has 0 spiro atoms. The molecule has 0 bridgehead atoms. The number of nitrogens with zero attached hydrogens (tertiary/aromatic N) is 1. The number of aromatic nitrogens is 1. The molecule has 32 heavy (non-hydrogen) atoms. The normalized spacial score (nSPS) is 13.1. The number of rotatable bonds is 8. The molecule has 1 fully saturated rings. The van der Waals surface area contributed by atoms with Gasteiger partial charge in [-0.25, -0.2) is 9.87 Å². The fraction of sp³-hybridized carbons (Fsp3) is 0.217. The van der Waals surface area contributed by atoms with Crippen molar-refractivity contribution < 1.29 is 18.4 Å². The summed E-state index contributed by atoms with van der Waals surface area (Å²) in [5.41, 5.74) is 1.42. The van der Waals surface area contributed by atoms with Crippen molar-refractivity contribution in [2.45, 2.75) is 19.4 Å². The molecular weight excluding hydrogens is 484 g/mol. The number of pyridine rings is 1. The standard InChI is InChI=1S/C23H20BrF2N3O3/c24-16-8-9-19(18(25)10-16)27-21-17(22(30)28-32-13-15-6-7-15)12-29(23(31)20(21)26)11-14-4-2-1-3-5-14/h1-5,8-10,12,15,27H,6-7,11,13H2,(H,28,30). The van der Waals surface area contributed by atoms with E-state index in [9.17, 15) is 14.0 Å². The van der Waals surface area contributed by atoms with Gasteiger partial charge in [0.05, 0.1) is 30.1 Å². The third-order valence-electron chi connectivity index (χ3n) is 5.03. The zero-order valence-electron chi connectivity index (χ0n) is 16.9. The molecule has 6 nitrogen and oxygen atoms in total. The third kappa shape index (κ3) is 5.23. The van der Waals surface area contributed by atoms with Crippen LogP contribution in [0.4, 0.5) is 20.2 Å². The Bertz CT molecular complexity index is 1200. The highest BCUT2D eigenvalue weighted by Crippen LogP contribution is 2.29. The van der Waals surface area contributed by atoms with Gasteiger partial charge in [0.2, 0.25) is 5.82 Å². The molecule has 0 saturated heterocycles. The number of amides is 1. The van der Waals surface area contributed by atoms with Crippen molar-refractivity contribution >= 4 is 33.2 Å². The zero-order chi connectivity index (χ0) is 22.7. The summed E-state index contributed by atoms with van der Waals surface area (Å²) < 4.78 is 31.1. The molecule has 0 atom stereocenters. The molecule has 0 radical (unpaired) electrons. The van der Waals surface area contributed by atoms with Crippen LogP contribution in [-0.4, -0.2) is 17.1 Å². The number of anilines is 2. The van der Waals surface area contributed by atoms with Gasteiger partial charge in [-0.15, -0.1) is 0 Å². The summed E-state index contributed by atoms with van der Waals surface area (Å²) in [6.07, 6.45) is 3.30. The molecule has 1 saturated carbocycles. The Labute approximate surface area is 191 Å². The SMILES string of the molecule is O=C(NOCC1CC1)c1cn(Cc2ccccc2)c(=O)c(F)c1Nc1ccc(Br)cc1F. The Morgan fingerprint density at radius 1 is 1.16 bits per heavy atom. The first-order chi connectivity index (χ1) is 15.4. The first kappa shape index (κ1) is 22.2. The van der Waals surface area contributed by atoms with Crippen LogP contribution in [0.3, 0.4) is 0 Å². The summed E-state index contributed by atoms with van der Waals surface area (Å²) in [5.74, 6) is -2.22. The summed E-state index contributed by atoms with van der Waals surface area (Å²) >= 11 is 3.16. The van der Waals surface area contributed by atoms with Gasteiger partial charge >= 0.3 is 0 Å². The minimum Gasteiger partial charge on any atom is -0.350 e. The van der Waals surface area contributed by atoms with E-state index in [1.54, 1.807) is 30.3 Å². The Hall–Kier alpha value is -3.04. The molecule has 1 amide bonds. The van der Waals surface area contributed by atoms with Crippen LogP contribution in [0.5, 0.6) is 0 Å². The molecule has 2 N–H and O–H groups in total. The molecule has 1 heterocycles. The Balaban J connectivity index is 1.70. The van der Waals surface area contributed by atoms with Crippen LogP contribution in [0.25, 0.3) is 0 Å². The van der Waals surface area contributed by atoms with Crippen molar-refractivity contribution in [1.29, 1.82) is 0 Å². The van der Waals surface area contributed by atoms with E-state index in [2.05, 4.69) is 26.7 Å². The first-order valence-electron chi connectivity index (χ1n) is 10.0. The highest BCUT2D eigenvalue weighted by atomic mass is 79.9. The number of carbonyl (C=O) groups is 1. The monoisotopic (exact) mass is 503 g/mol. The number of halogens is 3. The van der Waals surface area contributed by atoms with Crippen LogP contribution >= 0.6 is 15.9 Å². The second-order valence-corrected chi connectivity index (χ2v) is 8.50. The lowest BCUT2D eigenvalue weighted by Gasteiger charge is -2.16. The molecule has 166 valence electrons. The average molecular weight is 504 g/mol. The van der Waals surface area contributed by atoms with Crippen LogP contribution in [0.2, 0.25) is 0 Å². The number of nitrogens with one attached hydrogen (secondary N) is 2. The number of hydroxylamine groups is 1. The van der Waals surface area contributed by atoms with Crippen molar-refractivity contribution in [2.24, 2.45) is 5.92 Å². The summed E-state index contributed by atoms with van der Waals surface area (Å²) in [5, 5.41) is 2.56. The Morgan fingerprint density at radius 3 is 2.59 bits per heavy atom. The number of carbonyl (C=O) groups excluding carboxylic acids is 1. The number of benzene rings is 2. The lowest BCUT2D eigenvalue weighted by atomic mass is 10.1. The van der Waals surface area contributed by atoms with E-state index in [0.717, 1.165) is 23.0 Å². The quantitative estimate of drug-likeness (QED) is 0.435. The van der Waals surface area contributed by atoms with Crippen molar-refractivity contribution in [3.63, 3.8) is 0 Å². The minimum atomic E-state index is -1.20. The number of hydrogen-bond acceptors (Lipinski definition) is 4. The van der Waals surface area contributed by atoms with Gasteiger partial charge in [-0.05, 0) is 42.5 Å². The fourth-order valence-corrected chi connectivity index (χ4v) is 3.45. The molecular formula is C23H20BrF2N3O3. The van der Waals surface area contributed by atoms with E-state index in [4.69, 9.17) is 4.84 Å². The van der Waals surface area contributed by atoms with Gasteiger partial charge < -0.3 is 9.88 Å². The smallest absolute Gasteiger partial charge is 0.289 e. The van der Waals surface area contributed by atoms with Gasteiger partial charge in [0.25, 0.3) is 11.5 Å². The van der Waals surface area contributed by atoms with Gasteiger partial charge in [-0.1, -0.05) is 46.3 Å². The van der Waals surface area contributed by atoms with E-state index in [0.29, 0.717) is 17.0 Å². The average Bonchev–Trinajstić information content (AvgIpc) is 3.60. The van der Waals surface area contributed by atoms with E-state index in [-0.39, 0.29) is 17.8 Å². The van der Waals surface area contributed by atoms with Gasteiger partial charge in [-0.2, -0.15) is 4.39 Å². The Morgan fingerprint density at radius 2 is 1.91 bits per heavy atom. The maximum Gasteiger partial charge on any atom is 0.289 e. The van der Waals surface area contributed by atoms with Crippen LogP contribution in [0.15, 0.2) is 64.0 Å². The summed E-state index contributed by atoms with van der Waals surface area (Å²) in [6, 6.07) is 13.1. The van der Waals surface area contributed by atoms with E-state index in [1.807, 2.05) is 6.07 Å². The lowest BCUT2D eigenvalue weighted by Crippen LogP contribution is -2.31. The van der Waals surface area contributed by atoms with E-state index < -0.39 is 28.8 Å². The number of hydrogen-bond donors (Lipinski definition) is 2. The molecule has 9 heteroatoms. The van der Waals surface area contributed by atoms with Crippen molar-refractivity contribution in [3.05, 3.63) is 92.3 Å². The molecule has 0 aliphatic heterocycles. The first-order valence-corrected chi connectivity index (χ1v) is 10.8. The largest absolute Gasteiger partial charge is 0.350 e. The van der Waals surface area contributed by atoms with Crippen molar-refractivity contribution in [3.8, 4) is 0 Å². The predicted molar refractivity (Wildman–Crippen MR) is 120 cm³/mol. The Kier molecular flexibility index (Phi) is 6.66. The maximum absolute atomic E-state index is 15.2. The summed E-state index contributed by atoms with van der Waals surface area (Å²) in [4.78, 5) is 30.7. The van der Waals surface area contributed by atoms with Crippen LogP contribution in [0.1, 0.15) is 28.8 Å². The van der Waals surface area contributed by atoms with Crippen LogP contribution in [0, 0.1) is 17.6 Å². The maximum atomic E-state index is 15.2. The molecule has 3 aromatic rings. The molecule has 2 aromatic carbocycles. The van der Waals surface area contributed by atoms with Crippen molar-refractivity contribution in [2.75, 3.05) is 11.9 Å². The second kappa shape index (κ2) is 9.62. The molecule has 1 aromatic heterocycles. The van der Waals surface area contributed by atoms with Gasteiger partial charge in [0, 0.05) is 10.7 Å². The summed E-state index contributed by atoms with van der Waals surface area (Å²) in [6.45, 7) is 0.411. The zero-order valence-corrected chi connectivity index (χ0v) is 18.5. The van der Waals surface area contributed by atoms with Crippen LogP contribution in [-0.2, 0) is 11.4 Å². The van der Waals surface area contributed by atoms with Gasteiger partial charge in [-0.3, -0.25) is 14.4 Å². The van der Waals surface area contributed by atoms with Gasteiger partial charge in [0.1, 0.15) is 5.82 Å². The minimum absolute atomic E-state index is 0.0622. The molecule has 1 aliphatic carbocycles. The predicted octanol–water partition coefficient (Wildman–Crippen LogP) is 4.75. The lowest BCUT2D eigenvalue weighted by molar-refractivity contribution is 0.0270. The van der Waals surface area contributed by atoms with Gasteiger partial charge in [0.15, 0.2) is 0 Å². The highest BCUT2D eigenvalue weighted by molar-refractivity contribution is 9.10. The molecule has 4 rings (SSSR count). The second-order valence-electron chi connectivity index (χ2n) is 7.59. The van der Waals surface area contributed by atoms with Crippen molar-refractivity contribution in [1.82, 2.24) is 10.0 Å². The topological polar surface area (TPSA) is 72.4 Å². The van der Waals surface area contributed by atoms with E-state index >= 15 is 4.39 Å². The fourth-order valence-electron chi connectivity index (χ4n) is 3.11. The third-order valence-corrected chi connectivity index (χ3v) is 5.53.